The molecular weight excluding hydrogens is 248 g/mol. The molecule has 0 spiro atoms. The predicted molar refractivity (Wildman–Crippen MR) is 75.1 cm³/mol. The molecular formula is C14H19ClN2O. The summed E-state index contributed by atoms with van der Waals surface area (Å²) in [6, 6.07) is 7.64. The van der Waals surface area contributed by atoms with Gasteiger partial charge in [0.05, 0.1) is 5.54 Å². The van der Waals surface area contributed by atoms with Gasteiger partial charge >= 0.3 is 0 Å². The zero-order chi connectivity index (χ0) is 13.6. The van der Waals surface area contributed by atoms with E-state index in [1.807, 2.05) is 52.0 Å². The molecule has 1 aliphatic heterocycles. The zero-order valence-electron chi connectivity index (χ0n) is 11.2. The molecule has 3 nitrogen and oxygen atoms in total. The van der Waals surface area contributed by atoms with Gasteiger partial charge in [0, 0.05) is 17.3 Å². The number of carbonyl (C=O) groups excluding carboxylic acids is 1. The van der Waals surface area contributed by atoms with E-state index in [0.717, 1.165) is 12.2 Å². The summed E-state index contributed by atoms with van der Waals surface area (Å²) in [5.74, 6) is 0.0405. The third-order valence-corrected chi connectivity index (χ3v) is 3.59. The number of hydrogen-bond donors (Lipinski definition) is 1. The second-order valence-corrected chi connectivity index (χ2v) is 6.40. The first-order valence-corrected chi connectivity index (χ1v) is 6.46. The van der Waals surface area contributed by atoms with Gasteiger partial charge < -0.3 is 10.2 Å². The average molecular weight is 267 g/mol. The Morgan fingerprint density at radius 2 is 1.94 bits per heavy atom. The molecule has 1 saturated heterocycles. The van der Waals surface area contributed by atoms with Gasteiger partial charge in [-0.3, -0.25) is 4.79 Å². The summed E-state index contributed by atoms with van der Waals surface area (Å²) in [4.78, 5) is 14.3. The summed E-state index contributed by atoms with van der Waals surface area (Å²) < 4.78 is 0. The number of anilines is 1. The molecule has 0 aliphatic carbocycles. The Hall–Kier alpha value is -1.22. The van der Waals surface area contributed by atoms with E-state index < -0.39 is 5.54 Å². The highest BCUT2D eigenvalue weighted by molar-refractivity contribution is 6.30. The van der Waals surface area contributed by atoms with Crippen molar-refractivity contribution in [2.45, 2.75) is 38.8 Å². The number of amides is 1. The summed E-state index contributed by atoms with van der Waals surface area (Å²) in [6.07, 6.45) is 0. The van der Waals surface area contributed by atoms with Crippen LogP contribution in [0.4, 0.5) is 5.69 Å². The molecule has 1 N–H and O–H groups in total. The first kappa shape index (κ1) is 13.2. The van der Waals surface area contributed by atoms with Crippen molar-refractivity contribution in [3.05, 3.63) is 29.3 Å². The van der Waals surface area contributed by atoms with Crippen molar-refractivity contribution >= 4 is 23.2 Å². The van der Waals surface area contributed by atoms with Crippen LogP contribution < -0.4 is 10.2 Å². The fraction of sp³-hybridized carbons (Fsp3) is 0.500. The second-order valence-electron chi connectivity index (χ2n) is 5.96. The highest BCUT2D eigenvalue weighted by atomic mass is 35.5. The van der Waals surface area contributed by atoms with Crippen LogP contribution in [0.25, 0.3) is 0 Å². The molecule has 0 aromatic heterocycles. The van der Waals surface area contributed by atoms with Gasteiger partial charge in [-0.1, -0.05) is 17.7 Å². The summed E-state index contributed by atoms with van der Waals surface area (Å²) in [6.45, 7) is 8.67. The molecule has 1 aromatic carbocycles. The van der Waals surface area contributed by atoms with Crippen LogP contribution in [0.2, 0.25) is 5.02 Å². The molecule has 0 unspecified atom stereocenters. The van der Waals surface area contributed by atoms with E-state index in [1.54, 1.807) is 0 Å². The molecule has 0 radical (unpaired) electrons. The Labute approximate surface area is 113 Å². The van der Waals surface area contributed by atoms with Gasteiger partial charge in [0.2, 0.25) is 5.91 Å². The van der Waals surface area contributed by atoms with E-state index in [1.165, 1.54) is 0 Å². The Morgan fingerprint density at radius 1 is 1.28 bits per heavy atom. The first-order valence-electron chi connectivity index (χ1n) is 6.08. The molecule has 1 heterocycles. The lowest BCUT2D eigenvalue weighted by Crippen LogP contribution is -2.69. The molecule has 98 valence electrons. The van der Waals surface area contributed by atoms with Gasteiger partial charge in [0.25, 0.3) is 0 Å². The minimum atomic E-state index is -0.569. The highest BCUT2D eigenvalue weighted by Gasteiger charge is 2.44. The van der Waals surface area contributed by atoms with E-state index in [9.17, 15) is 4.79 Å². The van der Waals surface area contributed by atoms with Gasteiger partial charge in [-0.2, -0.15) is 0 Å². The van der Waals surface area contributed by atoms with Crippen LogP contribution in [-0.2, 0) is 4.79 Å². The van der Waals surface area contributed by atoms with E-state index in [-0.39, 0.29) is 11.4 Å². The van der Waals surface area contributed by atoms with Crippen molar-refractivity contribution in [2.75, 3.05) is 11.4 Å². The van der Waals surface area contributed by atoms with Crippen molar-refractivity contribution in [1.82, 2.24) is 5.32 Å². The molecule has 2 rings (SSSR count). The van der Waals surface area contributed by atoms with Gasteiger partial charge in [-0.25, -0.2) is 0 Å². The quantitative estimate of drug-likeness (QED) is 0.848. The van der Waals surface area contributed by atoms with Gasteiger partial charge in [0.1, 0.15) is 5.54 Å². The van der Waals surface area contributed by atoms with Crippen molar-refractivity contribution in [1.29, 1.82) is 0 Å². The Balaban J connectivity index is 2.43. The van der Waals surface area contributed by atoms with Crippen molar-refractivity contribution in [3.63, 3.8) is 0 Å². The number of piperazine rings is 1. The van der Waals surface area contributed by atoms with Crippen LogP contribution in [0.3, 0.4) is 0 Å². The predicted octanol–water partition coefficient (Wildman–Crippen LogP) is 2.83. The van der Waals surface area contributed by atoms with Gasteiger partial charge in [0.15, 0.2) is 0 Å². The number of nitrogens with one attached hydrogen (secondary N) is 1. The summed E-state index contributed by atoms with van der Waals surface area (Å²) in [5.41, 5.74) is 0.171. The standard InChI is InChI=1S/C14H19ClN2O/c1-13(2)9-17(14(3,4)12(18)16-13)11-7-5-6-10(15)8-11/h5-8H,9H2,1-4H3,(H,16,18). The smallest absolute Gasteiger partial charge is 0.245 e. The number of halogens is 1. The van der Waals surface area contributed by atoms with Crippen molar-refractivity contribution in [3.8, 4) is 0 Å². The normalized spacial score (nSPS) is 21.6. The van der Waals surface area contributed by atoms with Gasteiger partial charge in [-0.15, -0.1) is 0 Å². The summed E-state index contributed by atoms with van der Waals surface area (Å²) in [5, 5.41) is 3.73. The fourth-order valence-electron chi connectivity index (χ4n) is 2.27. The number of benzene rings is 1. The lowest BCUT2D eigenvalue weighted by molar-refractivity contribution is -0.128. The Kier molecular flexibility index (Phi) is 3.06. The monoisotopic (exact) mass is 266 g/mol. The minimum absolute atomic E-state index is 0.0405. The molecule has 1 amide bonds. The third kappa shape index (κ3) is 2.32. The number of rotatable bonds is 1. The molecule has 0 atom stereocenters. The SMILES string of the molecule is CC1(C)CN(c2cccc(Cl)c2)C(C)(C)C(=O)N1. The first-order chi connectivity index (χ1) is 8.22. The molecule has 4 heteroatoms. The maximum Gasteiger partial charge on any atom is 0.245 e. The second kappa shape index (κ2) is 4.16. The van der Waals surface area contributed by atoms with E-state index in [2.05, 4.69) is 10.2 Å². The molecule has 1 aliphatic rings. The topological polar surface area (TPSA) is 32.3 Å². The average Bonchev–Trinajstić information content (AvgIpc) is 2.23. The van der Waals surface area contributed by atoms with Gasteiger partial charge in [-0.05, 0) is 45.9 Å². The molecule has 1 fully saturated rings. The van der Waals surface area contributed by atoms with Crippen molar-refractivity contribution in [2.24, 2.45) is 0 Å². The molecule has 0 saturated carbocycles. The molecule has 18 heavy (non-hydrogen) atoms. The lowest BCUT2D eigenvalue weighted by atomic mass is 9.90. The van der Waals surface area contributed by atoms with E-state index in [4.69, 9.17) is 11.6 Å². The number of carbonyl (C=O) groups is 1. The summed E-state index contributed by atoms with van der Waals surface area (Å²) >= 11 is 6.04. The molecule has 0 bridgehead atoms. The zero-order valence-corrected chi connectivity index (χ0v) is 12.0. The summed E-state index contributed by atoms with van der Waals surface area (Å²) in [7, 11) is 0. The maximum absolute atomic E-state index is 12.2. The largest absolute Gasteiger partial charge is 0.355 e. The number of nitrogens with zero attached hydrogens (tertiary/aromatic N) is 1. The molecule has 1 aromatic rings. The Morgan fingerprint density at radius 3 is 2.56 bits per heavy atom. The number of hydrogen-bond acceptors (Lipinski definition) is 2. The fourth-order valence-corrected chi connectivity index (χ4v) is 2.46. The van der Waals surface area contributed by atoms with Crippen LogP contribution in [-0.4, -0.2) is 23.5 Å². The van der Waals surface area contributed by atoms with Crippen LogP contribution in [0.1, 0.15) is 27.7 Å². The lowest BCUT2D eigenvalue weighted by Gasteiger charge is -2.49. The van der Waals surface area contributed by atoms with Crippen LogP contribution >= 0.6 is 11.6 Å². The third-order valence-electron chi connectivity index (χ3n) is 3.36. The Bertz CT molecular complexity index is 482. The van der Waals surface area contributed by atoms with Crippen LogP contribution in [0.5, 0.6) is 0 Å². The van der Waals surface area contributed by atoms with E-state index >= 15 is 0 Å². The van der Waals surface area contributed by atoms with Crippen molar-refractivity contribution < 1.29 is 4.79 Å². The van der Waals surface area contributed by atoms with Crippen LogP contribution in [0.15, 0.2) is 24.3 Å². The van der Waals surface area contributed by atoms with Crippen LogP contribution in [0, 0.1) is 0 Å². The highest BCUT2D eigenvalue weighted by Crippen LogP contribution is 2.31. The minimum Gasteiger partial charge on any atom is -0.355 e. The maximum atomic E-state index is 12.2. The van der Waals surface area contributed by atoms with E-state index in [0.29, 0.717) is 5.02 Å².